The second-order valence-corrected chi connectivity index (χ2v) is 5.72. The minimum Gasteiger partial charge on any atom is -0.265 e. The number of rotatable bonds is 3. The van der Waals surface area contributed by atoms with Gasteiger partial charge in [0, 0.05) is 11.9 Å². The molecule has 0 N–H and O–H groups in total. The van der Waals surface area contributed by atoms with E-state index in [2.05, 4.69) is 23.2 Å². The Morgan fingerprint density at radius 1 is 1.18 bits per heavy atom. The van der Waals surface area contributed by atoms with Gasteiger partial charge in [-0.2, -0.15) is 10.2 Å². The maximum absolute atomic E-state index is 12.7. The molecule has 2 aromatic heterocycles. The molecule has 0 radical (unpaired) electrons. The summed E-state index contributed by atoms with van der Waals surface area (Å²) in [5.74, 6) is 0. The molecule has 3 aromatic rings. The van der Waals surface area contributed by atoms with Crippen molar-refractivity contribution in [2.45, 2.75) is 40.7 Å². The summed E-state index contributed by atoms with van der Waals surface area (Å²) in [6.45, 7) is 8.67. The standard InChI is InChI=1S/C17H20N4O/c1-5-8-20-17(22)16-14(13(4)19-20)10-18-21(16)15-7-6-11(2)9-12(15)3/h6-7,9-10H,5,8H2,1-4H3. The normalized spacial score (nSPS) is 11.3. The first-order valence-corrected chi connectivity index (χ1v) is 7.56. The van der Waals surface area contributed by atoms with Crippen molar-refractivity contribution in [2.75, 3.05) is 0 Å². The van der Waals surface area contributed by atoms with Gasteiger partial charge in [0.15, 0.2) is 0 Å². The van der Waals surface area contributed by atoms with Crippen LogP contribution in [0.4, 0.5) is 0 Å². The molecular weight excluding hydrogens is 276 g/mol. The van der Waals surface area contributed by atoms with Crippen LogP contribution in [0.15, 0.2) is 29.2 Å². The summed E-state index contributed by atoms with van der Waals surface area (Å²) < 4.78 is 3.28. The van der Waals surface area contributed by atoms with Gasteiger partial charge in [-0.05, 0) is 38.8 Å². The second-order valence-electron chi connectivity index (χ2n) is 5.72. The molecule has 114 valence electrons. The van der Waals surface area contributed by atoms with E-state index in [1.54, 1.807) is 15.6 Å². The first-order valence-electron chi connectivity index (χ1n) is 7.56. The molecule has 0 atom stereocenters. The van der Waals surface area contributed by atoms with Crippen LogP contribution in [-0.2, 0) is 6.54 Å². The summed E-state index contributed by atoms with van der Waals surface area (Å²) in [6.07, 6.45) is 2.60. The fraction of sp³-hybridized carbons (Fsp3) is 0.353. The predicted octanol–water partition coefficient (Wildman–Crippen LogP) is 2.92. The summed E-state index contributed by atoms with van der Waals surface area (Å²) in [4.78, 5) is 12.7. The lowest BCUT2D eigenvalue weighted by Gasteiger charge is -2.10. The predicted molar refractivity (Wildman–Crippen MR) is 87.6 cm³/mol. The number of fused-ring (bicyclic) bond motifs is 1. The third kappa shape index (κ3) is 2.22. The minimum atomic E-state index is -0.0834. The third-order valence-electron chi connectivity index (χ3n) is 3.88. The van der Waals surface area contributed by atoms with Crippen molar-refractivity contribution < 1.29 is 0 Å². The molecular formula is C17H20N4O. The molecule has 3 rings (SSSR count). The zero-order valence-electron chi connectivity index (χ0n) is 13.4. The summed E-state index contributed by atoms with van der Waals surface area (Å²) >= 11 is 0. The van der Waals surface area contributed by atoms with E-state index >= 15 is 0 Å². The molecule has 0 amide bonds. The van der Waals surface area contributed by atoms with Crippen molar-refractivity contribution in [3.05, 3.63) is 51.6 Å². The second kappa shape index (κ2) is 5.40. The Hall–Kier alpha value is -2.43. The van der Waals surface area contributed by atoms with Gasteiger partial charge in [-0.15, -0.1) is 0 Å². The molecule has 0 saturated carbocycles. The van der Waals surface area contributed by atoms with E-state index in [1.165, 1.54) is 5.56 Å². The van der Waals surface area contributed by atoms with Crippen LogP contribution in [0.5, 0.6) is 0 Å². The highest BCUT2D eigenvalue weighted by molar-refractivity contribution is 5.81. The average Bonchev–Trinajstić information content (AvgIpc) is 2.90. The molecule has 0 unspecified atom stereocenters. The van der Waals surface area contributed by atoms with Gasteiger partial charge in [0.1, 0.15) is 5.52 Å². The summed E-state index contributed by atoms with van der Waals surface area (Å²) in [5.41, 5.74) is 4.58. The van der Waals surface area contributed by atoms with Gasteiger partial charge in [0.05, 0.1) is 17.6 Å². The lowest BCUT2D eigenvalue weighted by Crippen LogP contribution is -2.25. The molecule has 1 aromatic carbocycles. The highest BCUT2D eigenvalue weighted by atomic mass is 16.1. The topological polar surface area (TPSA) is 52.7 Å². The number of aryl methyl sites for hydroxylation is 4. The van der Waals surface area contributed by atoms with Gasteiger partial charge in [-0.3, -0.25) is 4.79 Å². The van der Waals surface area contributed by atoms with Crippen molar-refractivity contribution in [3.8, 4) is 5.69 Å². The van der Waals surface area contributed by atoms with Gasteiger partial charge in [0.2, 0.25) is 0 Å². The van der Waals surface area contributed by atoms with Crippen LogP contribution in [0, 0.1) is 20.8 Å². The van der Waals surface area contributed by atoms with E-state index in [9.17, 15) is 4.79 Å². The summed E-state index contributed by atoms with van der Waals surface area (Å²) in [5, 5.41) is 9.64. The maximum atomic E-state index is 12.7. The van der Waals surface area contributed by atoms with Crippen molar-refractivity contribution in [2.24, 2.45) is 0 Å². The van der Waals surface area contributed by atoms with Crippen LogP contribution in [0.2, 0.25) is 0 Å². The maximum Gasteiger partial charge on any atom is 0.293 e. The van der Waals surface area contributed by atoms with E-state index in [4.69, 9.17) is 0 Å². The molecule has 0 saturated heterocycles. The number of hydrogen-bond acceptors (Lipinski definition) is 3. The van der Waals surface area contributed by atoms with E-state index in [-0.39, 0.29) is 5.56 Å². The molecule has 0 aliphatic rings. The Labute approximate surface area is 129 Å². The van der Waals surface area contributed by atoms with Gasteiger partial charge >= 0.3 is 0 Å². The van der Waals surface area contributed by atoms with Gasteiger partial charge in [-0.1, -0.05) is 24.6 Å². The lowest BCUT2D eigenvalue weighted by atomic mass is 10.1. The largest absolute Gasteiger partial charge is 0.293 e. The molecule has 5 nitrogen and oxygen atoms in total. The molecule has 0 aliphatic carbocycles. The Morgan fingerprint density at radius 2 is 1.95 bits per heavy atom. The zero-order chi connectivity index (χ0) is 15.9. The van der Waals surface area contributed by atoms with Crippen molar-refractivity contribution >= 4 is 10.9 Å². The van der Waals surface area contributed by atoms with E-state index in [0.717, 1.165) is 28.8 Å². The molecule has 5 heteroatoms. The molecule has 0 aliphatic heterocycles. The SMILES string of the molecule is CCCn1nc(C)c2cnn(-c3ccc(C)cc3C)c2c1=O. The fourth-order valence-electron chi connectivity index (χ4n) is 2.81. The number of nitrogens with zero attached hydrogens (tertiary/aromatic N) is 4. The number of hydrogen-bond donors (Lipinski definition) is 0. The average molecular weight is 296 g/mol. The Kier molecular flexibility index (Phi) is 3.56. The van der Waals surface area contributed by atoms with E-state index in [1.807, 2.05) is 32.9 Å². The number of aromatic nitrogens is 4. The van der Waals surface area contributed by atoms with Gasteiger partial charge in [0.25, 0.3) is 5.56 Å². The minimum absolute atomic E-state index is 0.0834. The Balaban J connectivity index is 2.34. The summed E-state index contributed by atoms with van der Waals surface area (Å²) in [6, 6.07) is 6.15. The highest BCUT2D eigenvalue weighted by Crippen LogP contribution is 2.20. The van der Waals surface area contributed by atoms with Crippen molar-refractivity contribution in [1.82, 2.24) is 19.6 Å². The van der Waals surface area contributed by atoms with Crippen LogP contribution < -0.4 is 5.56 Å². The van der Waals surface area contributed by atoms with Crippen LogP contribution in [0.25, 0.3) is 16.6 Å². The van der Waals surface area contributed by atoms with Gasteiger partial charge in [-0.25, -0.2) is 9.36 Å². The van der Waals surface area contributed by atoms with Gasteiger partial charge < -0.3 is 0 Å². The first kappa shape index (κ1) is 14.5. The van der Waals surface area contributed by atoms with Crippen molar-refractivity contribution in [1.29, 1.82) is 0 Å². The third-order valence-corrected chi connectivity index (χ3v) is 3.88. The zero-order valence-corrected chi connectivity index (χ0v) is 13.4. The van der Waals surface area contributed by atoms with Crippen LogP contribution >= 0.6 is 0 Å². The Bertz CT molecular complexity index is 905. The van der Waals surface area contributed by atoms with E-state index < -0.39 is 0 Å². The van der Waals surface area contributed by atoms with Crippen molar-refractivity contribution in [3.63, 3.8) is 0 Å². The molecule has 0 spiro atoms. The fourth-order valence-corrected chi connectivity index (χ4v) is 2.81. The monoisotopic (exact) mass is 296 g/mol. The smallest absolute Gasteiger partial charge is 0.265 e. The molecule has 22 heavy (non-hydrogen) atoms. The summed E-state index contributed by atoms with van der Waals surface area (Å²) in [7, 11) is 0. The van der Waals surface area contributed by atoms with Crippen LogP contribution in [-0.4, -0.2) is 19.6 Å². The molecule has 0 fully saturated rings. The van der Waals surface area contributed by atoms with E-state index in [0.29, 0.717) is 12.1 Å². The van der Waals surface area contributed by atoms with Crippen LogP contribution in [0.3, 0.4) is 0 Å². The highest BCUT2D eigenvalue weighted by Gasteiger charge is 2.15. The van der Waals surface area contributed by atoms with Crippen LogP contribution in [0.1, 0.15) is 30.2 Å². The lowest BCUT2D eigenvalue weighted by molar-refractivity contribution is 0.565. The quantitative estimate of drug-likeness (QED) is 0.746. The molecule has 0 bridgehead atoms. The number of benzene rings is 1. The molecule has 2 heterocycles. The first-order chi connectivity index (χ1) is 10.5. The Morgan fingerprint density at radius 3 is 2.64 bits per heavy atom.